The fourth-order valence-corrected chi connectivity index (χ4v) is 2.90. The molecule has 1 N–H and O–H groups in total. The normalized spacial score (nSPS) is 13.7. The lowest BCUT2D eigenvalue weighted by molar-refractivity contribution is 0.154. The van der Waals surface area contributed by atoms with Crippen LogP contribution >= 0.6 is 15.9 Å². The maximum absolute atomic E-state index is 9.91. The molecule has 0 radical (unpaired) electrons. The van der Waals surface area contributed by atoms with E-state index in [0.717, 1.165) is 23.1 Å². The van der Waals surface area contributed by atoms with Gasteiger partial charge in [0, 0.05) is 9.89 Å². The first kappa shape index (κ1) is 16.1. The summed E-state index contributed by atoms with van der Waals surface area (Å²) in [6.07, 6.45) is 1.67. The first-order valence-electron chi connectivity index (χ1n) is 7.25. The zero-order valence-corrected chi connectivity index (χ0v) is 13.8. The largest absolute Gasteiger partial charge is 0.494 e. The summed E-state index contributed by atoms with van der Waals surface area (Å²) in [6, 6.07) is 18.0. The Labute approximate surface area is 134 Å². The van der Waals surface area contributed by atoms with Crippen LogP contribution in [0.4, 0.5) is 0 Å². The maximum atomic E-state index is 9.91. The number of halogens is 1. The second kappa shape index (κ2) is 7.62. The van der Waals surface area contributed by atoms with Gasteiger partial charge in [0.05, 0.1) is 13.2 Å². The van der Waals surface area contributed by atoms with Crippen molar-refractivity contribution in [1.82, 2.24) is 0 Å². The Morgan fingerprint density at radius 2 is 1.86 bits per heavy atom. The highest BCUT2D eigenvalue weighted by atomic mass is 79.9. The van der Waals surface area contributed by atoms with Crippen molar-refractivity contribution in [3.8, 4) is 5.75 Å². The number of aliphatic hydroxyl groups is 1. The molecule has 2 aromatic rings. The third-order valence-corrected chi connectivity index (χ3v) is 4.50. The second-order valence-electron chi connectivity index (χ2n) is 5.21. The summed E-state index contributed by atoms with van der Waals surface area (Å²) < 4.78 is 6.83. The van der Waals surface area contributed by atoms with Crippen LogP contribution in [-0.2, 0) is 5.41 Å². The minimum Gasteiger partial charge on any atom is -0.494 e. The maximum Gasteiger partial charge on any atom is 0.120 e. The first-order chi connectivity index (χ1) is 10.2. The van der Waals surface area contributed by atoms with Crippen LogP contribution < -0.4 is 4.74 Å². The van der Waals surface area contributed by atoms with Crippen LogP contribution in [0.25, 0.3) is 0 Å². The monoisotopic (exact) mass is 348 g/mol. The van der Waals surface area contributed by atoms with Gasteiger partial charge in [-0.2, -0.15) is 0 Å². The quantitative estimate of drug-likeness (QED) is 0.794. The van der Waals surface area contributed by atoms with Crippen LogP contribution in [-0.4, -0.2) is 18.3 Å². The number of aliphatic hydroxyl groups excluding tert-OH is 1. The third-order valence-electron chi connectivity index (χ3n) is 4.01. The molecular formula is C18H21BrO2. The van der Waals surface area contributed by atoms with E-state index in [9.17, 15) is 5.11 Å². The van der Waals surface area contributed by atoms with Crippen LogP contribution in [0.3, 0.4) is 0 Å². The zero-order chi connectivity index (χ0) is 15.1. The molecule has 0 aliphatic rings. The minimum absolute atomic E-state index is 0.134. The highest BCUT2D eigenvalue weighted by molar-refractivity contribution is 9.10. The van der Waals surface area contributed by atoms with Crippen molar-refractivity contribution in [2.24, 2.45) is 0 Å². The predicted octanol–water partition coefficient (Wildman–Crippen LogP) is 4.56. The van der Waals surface area contributed by atoms with Crippen molar-refractivity contribution in [2.75, 3.05) is 13.2 Å². The van der Waals surface area contributed by atoms with Gasteiger partial charge in [0.25, 0.3) is 0 Å². The second-order valence-corrected chi connectivity index (χ2v) is 6.13. The summed E-state index contributed by atoms with van der Waals surface area (Å²) in [4.78, 5) is 0. The van der Waals surface area contributed by atoms with E-state index in [-0.39, 0.29) is 12.0 Å². The van der Waals surface area contributed by atoms with Crippen molar-refractivity contribution in [2.45, 2.75) is 25.2 Å². The van der Waals surface area contributed by atoms with Gasteiger partial charge in [0.15, 0.2) is 0 Å². The van der Waals surface area contributed by atoms with Crippen molar-refractivity contribution in [3.63, 3.8) is 0 Å². The Kier molecular flexibility index (Phi) is 5.83. The summed E-state index contributed by atoms with van der Waals surface area (Å²) in [7, 11) is 0. The van der Waals surface area contributed by atoms with Gasteiger partial charge < -0.3 is 9.84 Å². The molecule has 2 rings (SSSR count). The Morgan fingerprint density at radius 3 is 2.48 bits per heavy atom. The Morgan fingerprint density at radius 1 is 1.10 bits per heavy atom. The molecule has 0 spiro atoms. The topological polar surface area (TPSA) is 29.5 Å². The number of hydrogen-bond acceptors (Lipinski definition) is 2. The molecule has 0 amide bonds. The van der Waals surface area contributed by atoms with Gasteiger partial charge in [-0.25, -0.2) is 0 Å². The smallest absolute Gasteiger partial charge is 0.120 e. The summed E-state index contributed by atoms with van der Waals surface area (Å²) in [5, 5.41) is 9.91. The van der Waals surface area contributed by atoms with Crippen LogP contribution in [0.2, 0.25) is 0 Å². The van der Waals surface area contributed by atoms with E-state index in [1.165, 1.54) is 5.56 Å². The Hall–Kier alpha value is -1.32. The summed E-state index contributed by atoms with van der Waals surface area (Å²) in [5.74, 6) is 0.848. The lowest BCUT2D eigenvalue weighted by atomic mass is 9.76. The van der Waals surface area contributed by atoms with Crippen LogP contribution in [0, 0.1) is 0 Å². The molecule has 0 saturated heterocycles. The zero-order valence-electron chi connectivity index (χ0n) is 12.3. The number of hydrogen-bond donors (Lipinski definition) is 1. The molecule has 2 nitrogen and oxygen atoms in total. The van der Waals surface area contributed by atoms with Crippen molar-refractivity contribution in [3.05, 3.63) is 64.6 Å². The van der Waals surface area contributed by atoms with Gasteiger partial charge >= 0.3 is 0 Å². The average molecular weight is 349 g/mol. The van der Waals surface area contributed by atoms with E-state index in [2.05, 4.69) is 35.0 Å². The lowest BCUT2D eigenvalue weighted by Gasteiger charge is -2.31. The number of ether oxygens (including phenoxy) is 1. The van der Waals surface area contributed by atoms with E-state index in [1.807, 2.05) is 42.5 Å². The minimum atomic E-state index is -0.229. The van der Waals surface area contributed by atoms with Gasteiger partial charge in [-0.3, -0.25) is 0 Å². The molecule has 112 valence electrons. The van der Waals surface area contributed by atoms with Crippen LogP contribution in [0.1, 0.15) is 25.3 Å². The highest BCUT2D eigenvalue weighted by Gasteiger charge is 2.29. The molecule has 21 heavy (non-hydrogen) atoms. The molecule has 0 saturated carbocycles. The molecule has 0 fully saturated rings. The van der Waals surface area contributed by atoms with Gasteiger partial charge in [0.2, 0.25) is 0 Å². The number of rotatable bonds is 7. The molecule has 0 aromatic heterocycles. The van der Waals surface area contributed by atoms with Gasteiger partial charge in [-0.05, 0) is 36.6 Å². The molecule has 2 aromatic carbocycles. The third kappa shape index (κ3) is 4.08. The average Bonchev–Trinajstić information content (AvgIpc) is 2.53. The van der Waals surface area contributed by atoms with Gasteiger partial charge in [-0.1, -0.05) is 59.3 Å². The lowest BCUT2D eigenvalue weighted by Crippen LogP contribution is -2.32. The summed E-state index contributed by atoms with van der Waals surface area (Å²) in [6.45, 7) is 2.83. The van der Waals surface area contributed by atoms with Crippen LogP contribution in [0.15, 0.2) is 59.1 Å². The molecule has 0 aliphatic carbocycles. The molecule has 1 atom stereocenters. The van der Waals surface area contributed by atoms with Gasteiger partial charge in [-0.15, -0.1) is 0 Å². The molecule has 0 aliphatic heterocycles. The van der Waals surface area contributed by atoms with Crippen molar-refractivity contribution < 1.29 is 9.84 Å². The number of benzene rings is 2. The fraction of sp³-hybridized carbons (Fsp3) is 0.333. The van der Waals surface area contributed by atoms with E-state index < -0.39 is 0 Å². The molecule has 0 bridgehead atoms. The van der Waals surface area contributed by atoms with E-state index in [1.54, 1.807) is 0 Å². The first-order valence-corrected chi connectivity index (χ1v) is 8.04. The van der Waals surface area contributed by atoms with Crippen LogP contribution in [0.5, 0.6) is 5.75 Å². The SMILES string of the molecule is CCC(CO)(CCOc1cccc(Br)c1)c1ccccc1. The molecular weight excluding hydrogens is 328 g/mol. The molecule has 3 heteroatoms. The Bertz CT molecular complexity index is 550. The van der Waals surface area contributed by atoms with E-state index in [4.69, 9.17) is 4.74 Å². The summed E-state index contributed by atoms with van der Waals surface area (Å²) >= 11 is 3.44. The van der Waals surface area contributed by atoms with Gasteiger partial charge in [0.1, 0.15) is 5.75 Å². The molecule has 0 heterocycles. The Balaban J connectivity index is 2.04. The predicted molar refractivity (Wildman–Crippen MR) is 89.8 cm³/mol. The van der Waals surface area contributed by atoms with Crippen molar-refractivity contribution >= 4 is 15.9 Å². The standard InChI is InChI=1S/C18H21BrO2/c1-2-18(14-20,15-7-4-3-5-8-15)11-12-21-17-10-6-9-16(19)13-17/h3-10,13,20H,2,11-12,14H2,1H3. The highest BCUT2D eigenvalue weighted by Crippen LogP contribution is 2.31. The van der Waals surface area contributed by atoms with Crippen molar-refractivity contribution in [1.29, 1.82) is 0 Å². The van der Waals surface area contributed by atoms with E-state index in [0.29, 0.717) is 6.61 Å². The fourth-order valence-electron chi connectivity index (χ4n) is 2.52. The summed E-state index contributed by atoms with van der Waals surface area (Å²) in [5.41, 5.74) is 0.945. The van der Waals surface area contributed by atoms with E-state index >= 15 is 0 Å². The molecule has 1 unspecified atom stereocenters.